The van der Waals surface area contributed by atoms with Gasteiger partial charge in [0.1, 0.15) is 5.82 Å². The van der Waals surface area contributed by atoms with Crippen molar-refractivity contribution < 1.29 is 0 Å². The van der Waals surface area contributed by atoms with Crippen molar-refractivity contribution in [2.75, 3.05) is 5.32 Å². The van der Waals surface area contributed by atoms with Crippen LogP contribution in [-0.2, 0) is 6.54 Å². The molecule has 0 unspecified atom stereocenters. The maximum atomic E-state index is 6.08. The Bertz CT molecular complexity index is 1080. The SMILES string of the molecule is Cc1cc(NCc2ccc(Cl)c(Cl)c2)n2nc(-c3cccnc3)nc2n1. The Morgan fingerprint density at radius 1 is 1.08 bits per heavy atom. The van der Waals surface area contributed by atoms with Gasteiger partial charge in [-0.25, -0.2) is 4.98 Å². The molecule has 130 valence electrons. The van der Waals surface area contributed by atoms with Crippen LogP contribution < -0.4 is 5.32 Å². The summed E-state index contributed by atoms with van der Waals surface area (Å²) in [4.78, 5) is 13.1. The third-order valence-electron chi connectivity index (χ3n) is 3.82. The van der Waals surface area contributed by atoms with Crippen molar-refractivity contribution in [1.29, 1.82) is 0 Å². The van der Waals surface area contributed by atoms with Crippen LogP contribution in [0.15, 0.2) is 48.8 Å². The van der Waals surface area contributed by atoms with E-state index in [2.05, 4.69) is 25.4 Å². The standard InChI is InChI=1S/C18H14Cl2N6/c1-11-7-16(22-9-12-4-5-14(19)15(20)8-12)26-18(23-11)24-17(25-26)13-3-2-6-21-10-13/h2-8,10,22H,9H2,1H3. The number of fused-ring (bicyclic) bond motifs is 1. The number of nitrogens with one attached hydrogen (secondary N) is 1. The molecule has 1 N–H and O–H groups in total. The number of hydrogen-bond acceptors (Lipinski definition) is 5. The summed E-state index contributed by atoms with van der Waals surface area (Å²) >= 11 is 12.1. The lowest BCUT2D eigenvalue weighted by Gasteiger charge is -2.09. The monoisotopic (exact) mass is 384 g/mol. The van der Waals surface area contributed by atoms with Gasteiger partial charge in [0.05, 0.1) is 10.0 Å². The highest BCUT2D eigenvalue weighted by Gasteiger charge is 2.11. The van der Waals surface area contributed by atoms with Crippen LogP contribution in [0.4, 0.5) is 5.82 Å². The summed E-state index contributed by atoms with van der Waals surface area (Å²) in [6.07, 6.45) is 3.44. The zero-order valence-electron chi connectivity index (χ0n) is 13.8. The predicted molar refractivity (Wildman–Crippen MR) is 103 cm³/mol. The highest BCUT2D eigenvalue weighted by Crippen LogP contribution is 2.23. The molecule has 0 atom stereocenters. The van der Waals surface area contributed by atoms with Crippen molar-refractivity contribution in [2.24, 2.45) is 0 Å². The van der Waals surface area contributed by atoms with Crippen LogP contribution in [0, 0.1) is 6.92 Å². The lowest BCUT2D eigenvalue weighted by molar-refractivity contribution is 0.918. The number of hydrogen-bond donors (Lipinski definition) is 1. The lowest BCUT2D eigenvalue weighted by Crippen LogP contribution is -2.07. The third-order valence-corrected chi connectivity index (χ3v) is 4.56. The summed E-state index contributed by atoms with van der Waals surface area (Å²) in [5, 5.41) is 8.99. The summed E-state index contributed by atoms with van der Waals surface area (Å²) in [7, 11) is 0. The van der Waals surface area contributed by atoms with Crippen LogP contribution >= 0.6 is 23.2 Å². The molecule has 0 saturated carbocycles. The highest BCUT2D eigenvalue weighted by atomic mass is 35.5. The van der Waals surface area contributed by atoms with Crippen molar-refractivity contribution in [3.63, 3.8) is 0 Å². The second kappa shape index (κ2) is 6.90. The minimum absolute atomic E-state index is 0.528. The molecule has 3 heterocycles. The Labute approximate surface area is 159 Å². The van der Waals surface area contributed by atoms with E-state index >= 15 is 0 Å². The first-order valence-electron chi connectivity index (χ1n) is 7.93. The van der Waals surface area contributed by atoms with Crippen LogP contribution in [0.1, 0.15) is 11.3 Å². The Morgan fingerprint density at radius 3 is 2.73 bits per heavy atom. The normalized spacial score (nSPS) is 11.0. The summed E-state index contributed by atoms with van der Waals surface area (Å²) in [5.41, 5.74) is 2.69. The van der Waals surface area contributed by atoms with E-state index in [0.717, 1.165) is 22.6 Å². The predicted octanol–water partition coefficient (Wildman–Crippen LogP) is 4.41. The molecule has 8 heteroatoms. The van der Waals surface area contributed by atoms with Crippen LogP contribution in [-0.4, -0.2) is 24.6 Å². The second-order valence-electron chi connectivity index (χ2n) is 5.77. The zero-order chi connectivity index (χ0) is 18.1. The Kier molecular flexibility index (Phi) is 4.44. The molecule has 1 aromatic carbocycles. The van der Waals surface area contributed by atoms with Crippen molar-refractivity contribution in [2.45, 2.75) is 13.5 Å². The van der Waals surface area contributed by atoms with Crippen molar-refractivity contribution in [3.8, 4) is 11.4 Å². The average molecular weight is 385 g/mol. The molecule has 0 bridgehead atoms. The third kappa shape index (κ3) is 3.34. The second-order valence-corrected chi connectivity index (χ2v) is 6.59. The fraction of sp³-hybridized carbons (Fsp3) is 0.111. The molecule has 0 aliphatic heterocycles. The molecule has 0 radical (unpaired) electrons. The highest BCUT2D eigenvalue weighted by molar-refractivity contribution is 6.42. The van der Waals surface area contributed by atoms with E-state index in [1.165, 1.54) is 0 Å². The number of aromatic nitrogens is 5. The van der Waals surface area contributed by atoms with E-state index in [1.807, 2.05) is 37.3 Å². The minimum atomic E-state index is 0.528. The molecule has 4 aromatic rings. The van der Waals surface area contributed by atoms with E-state index < -0.39 is 0 Å². The number of rotatable bonds is 4. The number of nitrogens with zero attached hydrogens (tertiary/aromatic N) is 5. The topological polar surface area (TPSA) is 68.0 Å². The first-order chi connectivity index (χ1) is 12.6. The van der Waals surface area contributed by atoms with Gasteiger partial charge in [-0.1, -0.05) is 29.3 Å². The molecule has 6 nitrogen and oxygen atoms in total. The maximum absolute atomic E-state index is 6.08. The molecule has 3 aromatic heterocycles. The summed E-state index contributed by atoms with van der Waals surface area (Å²) in [6, 6.07) is 11.2. The largest absolute Gasteiger partial charge is 0.366 e. The molecule has 0 fully saturated rings. The van der Waals surface area contributed by atoms with Crippen molar-refractivity contribution in [3.05, 3.63) is 70.1 Å². The molecule has 4 rings (SSSR count). The van der Waals surface area contributed by atoms with Gasteiger partial charge in [-0.2, -0.15) is 9.50 Å². The van der Waals surface area contributed by atoms with Crippen LogP contribution in [0.25, 0.3) is 17.2 Å². The molecule has 0 aliphatic rings. The number of benzene rings is 1. The smallest absolute Gasteiger partial charge is 0.254 e. The number of aryl methyl sites for hydroxylation is 1. The lowest BCUT2D eigenvalue weighted by atomic mass is 10.2. The Hall–Kier alpha value is -2.70. The van der Waals surface area contributed by atoms with Gasteiger partial charge in [-0.05, 0) is 36.8 Å². The zero-order valence-corrected chi connectivity index (χ0v) is 15.3. The van der Waals surface area contributed by atoms with E-state index in [0.29, 0.717) is 28.2 Å². The van der Waals surface area contributed by atoms with Crippen LogP contribution in [0.3, 0.4) is 0 Å². The molecule has 0 spiro atoms. The van der Waals surface area contributed by atoms with E-state index in [1.54, 1.807) is 23.0 Å². The van der Waals surface area contributed by atoms with Crippen LogP contribution in [0.5, 0.6) is 0 Å². The number of anilines is 1. The fourth-order valence-corrected chi connectivity index (χ4v) is 2.89. The van der Waals surface area contributed by atoms with Gasteiger partial charge in [0.2, 0.25) is 0 Å². The molecule has 0 amide bonds. The quantitative estimate of drug-likeness (QED) is 0.564. The average Bonchev–Trinajstić information content (AvgIpc) is 3.07. The van der Waals surface area contributed by atoms with Gasteiger partial charge in [0, 0.05) is 36.3 Å². The van der Waals surface area contributed by atoms with Gasteiger partial charge in [-0.3, -0.25) is 4.98 Å². The molecular formula is C18H14Cl2N6. The first-order valence-corrected chi connectivity index (χ1v) is 8.68. The van der Waals surface area contributed by atoms with Gasteiger partial charge in [0.25, 0.3) is 5.78 Å². The summed E-state index contributed by atoms with van der Waals surface area (Å²) in [5.74, 6) is 1.90. The maximum Gasteiger partial charge on any atom is 0.254 e. The van der Waals surface area contributed by atoms with Crippen molar-refractivity contribution >= 4 is 34.8 Å². The van der Waals surface area contributed by atoms with E-state index in [4.69, 9.17) is 23.2 Å². The molecule has 0 aliphatic carbocycles. The van der Waals surface area contributed by atoms with Gasteiger partial charge < -0.3 is 5.32 Å². The van der Waals surface area contributed by atoms with Gasteiger partial charge >= 0.3 is 0 Å². The minimum Gasteiger partial charge on any atom is -0.366 e. The van der Waals surface area contributed by atoms with Gasteiger partial charge in [0.15, 0.2) is 5.82 Å². The Balaban J connectivity index is 1.67. The Morgan fingerprint density at radius 2 is 1.96 bits per heavy atom. The molecular weight excluding hydrogens is 371 g/mol. The summed E-state index contributed by atoms with van der Waals surface area (Å²) < 4.78 is 1.69. The molecule has 0 saturated heterocycles. The first kappa shape index (κ1) is 16.8. The molecule has 26 heavy (non-hydrogen) atoms. The van der Waals surface area contributed by atoms with E-state index in [9.17, 15) is 0 Å². The van der Waals surface area contributed by atoms with Crippen molar-refractivity contribution in [1.82, 2.24) is 24.6 Å². The van der Waals surface area contributed by atoms with Gasteiger partial charge in [-0.15, -0.1) is 5.10 Å². The number of halogens is 2. The van der Waals surface area contributed by atoms with E-state index in [-0.39, 0.29) is 0 Å². The number of pyridine rings is 1. The summed E-state index contributed by atoms with van der Waals surface area (Å²) in [6.45, 7) is 2.49. The fourth-order valence-electron chi connectivity index (χ4n) is 2.57. The van der Waals surface area contributed by atoms with Crippen LogP contribution in [0.2, 0.25) is 10.0 Å².